The summed E-state index contributed by atoms with van der Waals surface area (Å²) in [7, 11) is 3.12. The number of rotatable bonds is 9. The minimum absolute atomic E-state index is 0.0546. The average molecular weight is 437 g/mol. The summed E-state index contributed by atoms with van der Waals surface area (Å²) in [5.74, 6) is 0.701. The molecule has 168 valence electrons. The van der Waals surface area contributed by atoms with Crippen LogP contribution >= 0.6 is 0 Å². The van der Waals surface area contributed by atoms with Gasteiger partial charge in [0.1, 0.15) is 5.69 Å². The second-order valence-corrected chi connectivity index (χ2v) is 7.47. The van der Waals surface area contributed by atoms with Crippen molar-refractivity contribution in [2.45, 2.75) is 26.3 Å². The van der Waals surface area contributed by atoms with E-state index in [-0.39, 0.29) is 30.8 Å². The maximum absolute atomic E-state index is 13.0. The molecule has 0 aliphatic heterocycles. The van der Waals surface area contributed by atoms with Gasteiger partial charge < -0.3 is 20.1 Å². The van der Waals surface area contributed by atoms with E-state index in [0.29, 0.717) is 28.3 Å². The van der Waals surface area contributed by atoms with Gasteiger partial charge in [-0.25, -0.2) is 4.68 Å². The second-order valence-electron chi connectivity index (χ2n) is 7.47. The number of benzene rings is 2. The third kappa shape index (κ3) is 5.46. The molecule has 0 spiro atoms. The number of hydrogen-bond donors (Lipinski definition) is 2. The van der Waals surface area contributed by atoms with E-state index in [1.165, 1.54) is 0 Å². The monoisotopic (exact) mass is 436 g/mol. The molecule has 8 nitrogen and oxygen atoms in total. The molecule has 0 saturated carbocycles. The lowest BCUT2D eigenvalue weighted by Gasteiger charge is -2.10. The Morgan fingerprint density at radius 2 is 1.75 bits per heavy atom. The SMILES string of the molecule is COc1ccc(-c2nn(-c3ccccc3)cc2C(=O)NCCC(=O)NC(C)C)cc1OC. The largest absolute Gasteiger partial charge is 0.493 e. The lowest BCUT2D eigenvalue weighted by atomic mass is 10.1. The van der Waals surface area contributed by atoms with Gasteiger partial charge in [-0.2, -0.15) is 5.10 Å². The molecule has 8 heteroatoms. The molecule has 0 aliphatic carbocycles. The normalized spacial score (nSPS) is 10.7. The van der Waals surface area contributed by atoms with Gasteiger partial charge in [0, 0.05) is 30.8 Å². The first kappa shape index (κ1) is 22.9. The molecular formula is C24H28N4O4. The van der Waals surface area contributed by atoms with E-state index in [0.717, 1.165) is 5.69 Å². The van der Waals surface area contributed by atoms with Gasteiger partial charge >= 0.3 is 0 Å². The van der Waals surface area contributed by atoms with Crippen molar-refractivity contribution in [2.75, 3.05) is 20.8 Å². The fourth-order valence-corrected chi connectivity index (χ4v) is 3.23. The average Bonchev–Trinajstić information content (AvgIpc) is 3.24. The molecule has 0 unspecified atom stereocenters. The van der Waals surface area contributed by atoms with Crippen molar-refractivity contribution in [1.29, 1.82) is 0 Å². The number of hydrogen-bond acceptors (Lipinski definition) is 5. The summed E-state index contributed by atoms with van der Waals surface area (Å²) in [6.07, 6.45) is 1.88. The van der Waals surface area contributed by atoms with E-state index in [9.17, 15) is 9.59 Å². The fraction of sp³-hybridized carbons (Fsp3) is 0.292. The Bertz CT molecular complexity index is 1080. The zero-order valence-electron chi connectivity index (χ0n) is 18.7. The summed E-state index contributed by atoms with van der Waals surface area (Å²) in [4.78, 5) is 24.9. The predicted octanol–water partition coefficient (Wildman–Crippen LogP) is 3.20. The van der Waals surface area contributed by atoms with Crippen LogP contribution in [0.1, 0.15) is 30.6 Å². The number of nitrogens with zero attached hydrogens (tertiary/aromatic N) is 2. The zero-order valence-corrected chi connectivity index (χ0v) is 18.7. The van der Waals surface area contributed by atoms with Crippen LogP contribution in [-0.2, 0) is 4.79 Å². The zero-order chi connectivity index (χ0) is 23.1. The molecule has 0 aliphatic rings. The van der Waals surface area contributed by atoms with Crippen molar-refractivity contribution in [3.05, 3.63) is 60.3 Å². The summed E-state index contributed by atoms with van der Waals surface area (Å²) in [6.45, 7) is 4.01. The first-order valence-corrected chi connectivity index (χ1v) is 10.4. The lowest BCUT2D eigenvalue weighted by molar-refractivity contribution is -0.121. The number of amides is 2. The molecule has 2 N–H and O–H groups in total. The van der Waals surface area contributed by atoms with Gasteiger partial charge in [0.15, 0.2) is 11.5 Å². The maximum Gasteiger partial charge on any atom is 0.255 e. The van der Waals surface area contributed by atoms with Crippen molar-refractivity contribution in [1.82, 2.24) is 20.4 Å². The maximum atomic E-state index is 13.0. The van der Waals surface area contributed by atoms with Crippen molar-refractivity contribution in [3.8, 4) is 28.4 Å². The molecule has 0 fully saturated rings. The summed E-state index contributed by atoms with van der Waals surface area (Å²) < 4.78 is 12.4. The molecule has 0 radical (unpaired) electrons. The van der Waals surface area contributed by atoms with Crippen LogP contribution in [0.2, 0.25) is 0 Å². The van der Waals surface area contributed by atoms with Crippen LogP contribution in [0.4, 0.5) is 0 Å². The van der Waals surface area contributed by atoms with E-state index in [1.54, 1.807) is 37.2 Å². The van der Waals surface area contributed by atoms with Crippen LogP contribution in [0.25, 0.3) is 16.9 Å². The molecule has 2 amide bonds. The van der Waals surface area contributed by atoms with E-state index < -0.39 is 0 Å². The molecule has 1 aromatic heterocycles. The highest BCUT2D eigenvalue weighted by Crippen LogP contribution is 2.33. The van der Waals surface area contributed by atoms with E-state index >= 15 is 0 Å². The predicted molar refractivity (Wildman–Crippen MR) is 122 cm³/mol. The Labute approximate surface area is 187 Å². The van der Waals surface area contributed by atoms with Gasteiger partial charge in [0.2, 0.25) is 5.91 Å². The molecule has 0 bridgehead atoms. The molecule has 0 atom stereocenters. The van der Waals surface area contributed by atoms with E-state index in [2.05, 4.69) is 15.7 Å². The van der Waals surface area contributed by atoms with Crippen molar-refractivity contribution < 1.29 is 19.1 Å². The van der Waals surface area contributed by atoms with Crippen LogP contribution in [0.15, 0.2) is 54.7 Å². The topological polar surface area (TPSA) is 94.5 Å². The molecule has 2 aromatic carbocycles. The van der Waals surface area contributed by atoms with E-state index in [1.807, 2.05) is 50.2 Å². The molecule has 0 saturated heterocycles. The Morgan fingerprint density at radius 3 is 2.41 bits per heavy atom. The van der Waals surface area contributed by atoms with Gasteiger partial charge in [0.25, 0.3) is 5.91 Å². The van der Waals surface area contributed by atoms with Crippen LogP contribution < -0.4 is 20.1 Å². The Hall–Kier alpha value is -3.81. The van der Waals surface area contributed by atoms with Crippen LogP contribution in [0.3, 0.4) is 0 Å². The van der Waals surface area contributed by atoms with Crippen LogP contribution in [0, 0.1) is 0 Å². The van der Waals surface area contributed by atoms with Crippen molar-refractivity contribution in [3.63, 3.8) is 0 Å². The molecule has 3 aromatic rings. The first-order valence-electron chi connectivity index (χ1n) is 10.4. The summed E-state index contributed by atoms with van der Waals surface area (Å²) in [6, 6.07) is 15.0. The summed E-state index contributed by atoms with van der Waals surface area (Å²) in [5.41, 5.74) is 2.42. The highest BCUT2D eigenvalue weighted by Gasteiger charge is 2.20. The lowest BCUT2D eigenvalue weighted by Crippen LogP contribution is -2.34. The number of nitrogens with one attached hydrogen (secondary N) is 2. The van der Waals surface area contributed by atoms with Crippen LogP contribution in [0.5, 0.6) is 11.5 Å². The van der Waals surface area contributed by atoms with Crippen molar-refractivity contribution in [2.24, 2.45) is 0 Å². The van der Waals surface area contributed by atoms with Gasteiger partial charge in [0.05, 0.1) is 25.5 Å². The van der Waals surface area contributed by atoms with Gasteiger partial charge in [-0.15, -0.1) is 0 Å². The fourth-order valence-electron chi connectivity index (χ4n) is 3.23. The first-order chi connectivity index (χ1) is 15.4. The molecule has 3 rings (SSSR count). The Balaban J connectivity index is 1.91. The summed E-state index contributed by atoms with van der Waals surface area (Å²) in [5, 5.41) is 10.3. The minimum atomic E-state index is -0.311. The van der Waals surface area contributed by atoms with E-state index in [4.69, 9.17) is 9.47 Å². The number of aromatic nitrogens is 2. The van der Waals surface area contributed by atoms with Crippen LogP contribution in [-0.4, -0.2) is 48.4 Å². The van der Waals surface area contributed by atoms with Crippen molar-refractivity contribution >= 4 is 11.8 Å². The standard InChI is InChI=1S/C24H28N4O4/c1-16(2)26-22(29)12-13-25-24(30)19-15-28(18-8-6-5-7-9-18)27-23(19)17-10-11-20(31-3)21(14-17)32-4/h5-11,14-16H,12-13H2,1-4H3,(H,25,30)(H,26,29). The highest BCUT2D eigenvalue weighted by atomic mass is 16.5. The minimum Gasteiger partial charge on any atom is -0.493 e. The number of carbonyl (C=O) groups is 2. The second kappa shape index (κ2) is 10.5. The smallest absolute Gasteiger partial charge is 0.255 e. The van der Waals surface area contributed by atoms with Gasteiger partial charge in [-0.05, 0) is 44.2 Å². The number of para-hydroxylation sites is 1. The third-order valence-corrected chi connectivity index (χ3v) is 4.72. The number of methoxy groups -OCH3 is 2. The quantitative estimate of drug-likeness (QED) is 0.537. The van der Waals surface area contributed by atoms with Gasteiger partial charge in [-0.3, -0.25) is 9.59 Å². The molecule has 1 heterocycles. The van der Waals surface area contributed by atoms with Gasteiger partial charge in [-0.1, -0.05) is 18.2 Å². The highest BCUT2D eigenvalue weighted by molar-refractivity contribution is 6.00. The summed E-state index contributed by atoms with van der Waals surface area (Å²) >= 11 is 0. The third-order valence-electron chi connectivity index (χ3n) is 4.72. The molecular weight excluding hydrogens is 408 g/mol. The molecule has 32 heavy (non-hydrogen) atoms. The number of ether oxygens (including phenoxy) is 2. The Morgan fingerprint density at radius 1 is 1.03 bits per heavy atom. The Kier molecular flexibility index (Phi) is 7.49. The number of carbonyl (C=O) groups excluding carboxylic acids is 2.